The number of allylic oxidation sites excluding steroid dienone is 2. The van der Waals surface area contributed by atoms with Crippen molar-refractivity contribution < 1.29 is 100 Å². The van der Waals surface area contributed by atoms with Gasteiger partial charge in [0.25, 0.3) is 0 Å². The first-order valence-electron chi connectivity index (χ1n) is 20.6. The van der Waals surface area contributed by atoms with E-state index in [1.807, 2.05) is 0 Å². The highest BCUT2D eigenvalue weighted by molar-refractivity contribution is 5.87. The van der Waals surface area contributed by atoms with Crippen LogP contribution in [0.3, 0.4) is 0 Å². The standard InChI is InChI=1S/2C7H8O2.C5H7NO.8C5H6O2/c2*1-4-6(3)9-7(8)5-2;1-3-5(7)6-4-2;8*1-3-5(6)7-4-2/h2*4-5H,1-3H2;3-4H,1-2H2,(H,6,7);8*3-4H,1-2H2. The Hall–Kier alpha value is -12.1. The molecule has 0 radical (unpaired) electrons. The van der Waals surface area contributed by atoms with E-state index in [0.717, 1.165) is 111 Å². The SMILES string of the molecule is C=CC(=C)OC(=O)C=C.C=CC(=C)OC(=O)C=C.C=CNC(=O)C=C.C=COC(=O)C=C.C=COC(=O)C=C.C=COC(=O)C=C.C=COC(=O)C=C.C=COC(=O)C=C.C=COC(=O)C=C.C=COC(=O)C=C.C=COC(=O)C=C. The number of rotatable bonds is 24. The zero-order valence-electron chi connectivity index (χ0n) is 45.2. The summed E-state index contributed by atoms with van der Waals surface area (Å²) in [6, 6.07) is 0. The van der Waals surface area contributed by atoms with E-state index in [0.29, 0.717) is 0 Å². The summed E-state index contributed by atoms with van der Waals surface area (Å²) in [4.78, 5) is 111. The Bertz CT molecular complexity index is 1790. The summed E-state index contributed by atoms with van der Waals surface area (Å²) in [5.41, 5.74) is 0. The molecule has 0 rings (SSSR count). The Morgan fingerprint density at radius 2 is 0.370 bits per heavy atom. The average molecular weight is 1130 g/mol. The van der Waals surface area contributed by atoms with Crippen molar-refractivity contribution in [2.75, 3.05) is 0 Å². The van der Waals surface area contributed by atoms with Crippen molar-refractivity contribution in [3.05, 3.63) is 305 Å². The van der Waals surface area contributed by atoms with Crippen molar-refractivity contribution in [3.8, 4) is 0 Å². The van der Waals surface area contributed by atoms with Gasteiger partial charge in [-0.3, -0.25) is 4.79 Å². The molecule has 438 valence electrons. The van der Waals surface area contributed by atoms with Gasteiger partial charge in [0.2, 0.25) is 5.91 Å². The molecule has 0 heterocycles. The fraction of sp³-hybridized carbons (Fsp3) is 0. The van der Waals surface area contributed by atoms with Crippen LogP contribution in [0.15, 0.2) is 305 Å². The van der Waals surface area contributed by atoms with E-state index in [1.54, 1.807) is 0 Å². The highest BCUT2D eigenvalue weighted by Crippen LogP contribution is 1.94. The van der Waals surface area contributed by atoms with Gasteiger partial charge >= 0.3 is 59.7 Å². The molecule has 0 unspecified atom stereocenters. The quantitative estimate of drug-likeness (QED) is 0.0309. The minimum atomic E-state index is -0.514. The molecule has 0 aromatic rings. The molecule has 22 heteroatoms. The average Bonchev–Trinajstić information content (AvgIpc) is 3.46. The molecule has 22 nitrogen and oxygen atoms in total. The largest absolute Gasteiger partial charge is 0.432 e. The summed E-state index contributed by atoms with van der Waals surface area (Å²) in [6.07, 6.45) is 24.4. The Morgan fingerprint density at radius 3 is 0.432 bits per heavy atom. The maximum absolute atomic E-state index is 10.3. The van der Waals surface area contributed by atoms with Crippen LogP contribution in [-0.4, -0.2) is 65.6 Å². The third-order valence-electron chi connectivity index (χ3n) is 4.61. The molecule has 0 saturated heterocycles. The summed E-state index contributed by atoms with van der Waals surface area (Å²) < 4.78 is 42.5. The second-order valence-electron chi connectivity index (χ2n) is 9.97. The number of nitrogens with one attached hydrogen (secondary N) is 1. The van der Waals surface area contributed by atoms with E-state index in [1.165, 1.54) is 24.4 Å². The summed E-state index contributed by atoms with van der Waals surface area (Å²) in [6.45, 7) is 76.8. The van der Waals surface area contributed by atoms with Crippen LogP contribution in [0.5, 0.6) is 0 Å². The number of carbonyl (C=O) groups is 11. The molecule has 0 aliphatic carbocycles. The third-order valence-corrected chi connectivity index (χ3v) is 4.61. The van der Waals surface area contributed by atoms with E-state index >= 15 is 0 Å². The fourth-order valence-electron chi connectivity index (χ4n) is 1.63. The van der Waals surface area contributed by atoms with Crippen molar-refractivity contribution >= 4 is 65.6 Å². The van der Waals surface area contributed by atoms with Gasteiger partial charge in [0.05, 0.1) is 50.1 Å². The molecule has 0 bridgehead atoms. The van der Waals surface area contributed by atoms with Gasteiger partial charge in [0.15, 0.2) is 0 Å². The molecule has 1 N–H and O–H groups in total. The molecule has 81 heavy (non-hydrogen) atoms. The van der Waals surface area contributed by atoms with Crippen molar-refractivity contribution in [1.29, 1.82) is 0 Å². The van der Waals surface area contributed by atoms with Crippen molar-refractivity contribution in [2.45, 2.75) is 0 Å². The monoisotopic (exact) mass is 1130 g/mol. The molecule has 0 aromatic heterocycles. The Kier molecular flexibility index (Phi) is 99.1. The van der Waals surface area contributed by atoms with Gasteiger partial charge in [-0.2, -0.15) is 0 Å². The normalized spacial score (nSPS) is 7.01. The van der Waals surface area contributed by atoms with Crippen molar-refractivity contribution in [3.63, 3.8) is 0 Å². The molecule has 0 aliphatic heterocycles. The number of amides is 1. The lowest BCUT2D eigenvalue weighted by Crippen LogP contribution is -2.11. The van der Waals surface area contributed by atoms with Gasteiger partial charge in [-0.05, 0) is 24.4 Å². The highest BCUT2D eigenvalue weighted by atomic mass is 16.6. The van der Waals surface area contributed by atoms with Gasteiger partial charge in [0.1, 0.15) is 11.5 Å². The Balaban J connectivity index is -0.0000000740. The second-order valence-corrected chi connectivity index (χ2v) is 9.97. The molecule has 0 fully saturated rings. The van der Waals surface area contributed by atoms with Crippen LogP contribution in [0.4, 0.5) is 0 Å². The van der Waals surface area contributed by atoms with Crippen molar-refractivity contribution in [2.24, 2.45) is 0 Å². The van der Waals surface area contributed by atoms with Crippen LogP contribution in [0.1, 0.15) is 0 Å². The van der Waals surface area contributed by atoms with E-state index in [9.17, 15) is 52.7 Å². The topological polar surface area (TPSA) is 292 Å². The first kappa shape index (κ1) is 94.8. The zero-order valence-corrected chi connectivity index (χ0v) is 45.2. The van der Waals surface area contributed by atoms with Crippen LogP contribution in [0.25, 0.3) is 0 Å². The van der Waals surface area contributed by atoms with Gasteiger partial charge in [-0.25, -0.2) is 47.9 Å². The van der Waals surface area contributed by atoms with E-state index in [4.69, 9.17) is 0 Å². The maximum atomic E-state index is 10.3. The molecule has 0 aromatic carbocycles. The Morgan fingerprint density at radius 1 is 0.222 bits per heavy atom. The Labute approximate surface area is 474 Å². The van der Waals surface area contributed by atoms with Gasteiger partial charge < -0.3 is 52.7 Å². The third kappa shape index (κ3) is 123. The molecule has 0 aliphatic rings. The van der Waals surface area contributed by atoms with Crippen LogP contribution in [-0.2, 0) is 100 Å². The first-order chi connectivity index (χ1) is 38.2. The smallest absolute Gasteiger partial charge is 0.335 e. The first-order valence-corrected chi connectivity index (χ1v) is 20.6. The highest BCUT2D eigenvalue weighted by Gasteiger charge is 1.95. The molecule has 0 atom stereocenters. The molecule has 0 saturated carbocycles. The molecular weight excluding hydrogens is 1060 g/mol. The number of hydrogen-bond acceptors (Lipinski definition) is 21. The molecule has 0 spiro atoms. The zero-order chi connectivity index (χ0) is 65.8. The predicted molar refractivity (Wildman–Crippen MR) is 312 cm³/mol. The number of hydrogen-bond donors (Lipinski definition) is 1. The molecule has 1 amide bonds. The minimum absolute atomic E-state index is 0.227. The van der Waals surface area contributed by atoms with Gasteiger partial charge in [0, 0.05) is 60.8 Å². The van der Waals surface area contributed by atoms with E-state index < -0.39 is 59.7 Å². The maximum Gasteiger partial charge on any atom is 0.335 e. The lowest BCUT2D eigenvalue weighted by Gasteiger charge is -1.96. The fourth-order valence-corrected chi connectivity index (χ4v) is 1.63. The van der Waals surface area contributed by atoms with Crippen LogP contribution >= 0.6 is 0 Å². The summed E-state index contributed by atoms with van der Waals surface area (Å²) in [5, 5.41) is 2.30. The minimum Gasteiger partial charge on any atom is -0.432 e. The number of carbonyl (C=O) groups excluding carboxylic acids is 11. The van der Waals surface area contributed by atoms with Gasteiger partial charge in [-0.1, -0.05) is 158 Å². The lowest BCUT2D eigenvalue weighted by atomic mass is 10.5. The lowest BCUT2D eigenvalue weighted by molar-refractivity contribution is -0.134. The second kappa shape index (κ2) is 84.7. The summed E-state index contributed by atoms with van der Waals surface area (Å²) in [5.74, 6) is -4.60. The summed E-state index contributed by atoms with van der Waals surface area (Å²) in [7, 11) is 0. The number of esters is 10. The van der Waals surface area contributed by atoms with E-state index in [-0.39, 0.29) is 17.4 Å². The van der Waals surface area contributed by atoms with Crippen LogP contribution < -0.4 is 5.32 Å². The van der Waals surface area contributed by atoms with Gasteiger partial charge in [-0.15, -0.1) is 0 Å². The van der Waals surface area contributed by atoms with Crippen LogP contribution in [0.2, 0.25) is 0 Å². The summed E-state index contributed by atoms with van der Waals surface area (Å²) >= 11 is 0. The molecular formula is C59H71NO21. The number of ether oxygens (including phenoxy) is 10. The predicted octanol–water partition coefficient (Wildman–Crippen LogP) is 10.1. The van der Waals surface area contributed by atoms with Crippen molar-refractivity contribution in [1.82, 2.24) is 5.32 Å². The van der Waals surface area contributed by atoms with E-state index in [2.05, 4.69) is 211 Å². The van der Waals surface area contributed by atoms with Crippen LogP contribution in [0, 0.1) is 0 Å².